The molecule has 0 radical (unpaired) electrons. The lowest BCUT2D eigenvalue weighted by Crippen LogP contribution is -2.46. The van der Waals surface area contributed by atoms with Crippen LogP contribution in [0, 0.1) is 5.92 Å². The zero-order valence-electron chi connectivity index (χ0n) is 13.4. The minimum atomic E-state index is -0.817. The summed E-state index contributed by atoms with van der Waals surface area (Å²) in [5, 5.41) is 11.9. The second-order valence-corrected chi connectivity index (χ2v) is 6.38. The summed E-state index contributed by atoms with van der Waals surface area (Å²) in [6.07, 6.45) is 1.58. The lowest BCUT2D eigenvalue weighted by molar-refractivity contribution is -0.141. The number of fused-ring (bicyclic) bond motifs is 1. The standard InChI is InChI=1S/C17H23N3O3/c1-12(20-9-7-13-4-2-3-5-15(13)20)10-18-17(23)19-8-6-14(11-19)16(21)22/h2-5,12,14H,6-11H2,1H3,(H,18,23)(H,21,22). The van der Waals surface area contributed by atoms with Crippen molar-refractivity contribution in [1.29, 1.82) is 0 Å². The number of benzene rings is 1. The molecule has 0 bridgehead atoms. The Labute approximate surface area is 136 Å². The molecule has 2 heterocycles. The quantitative estimate of drug-likeness (QED) is 0.884. The number of rotatable bonds is 4. The second-order valence-electron chi connectivity index (χ2n) is 6.38. The van der Waals surface area contributed by atoms with Crippen LogP contribution in [0.5, 0.6) is 0 Å². The molecule has 3 rings (SSSR count). The van der Waals surface area contributed by atoms with Crippen LogP contribution >= 0.6 is 0 Å². The van der Waals surface area contributed by atoms with E-state index in [1.807, 2.05) is 6.07 Å². The summed E-state index contributed by atoms with van der Waals surface area (Å²) in [5.41, 5.74) is 2.61. The Bertz CT molecular complexity index is 605. The van der Waals surface area contributed by atoms with Crippen molar-refractivity contribution in [3.05, 3.63) is 29.8 Å². The Hall–Kier alpha value is -2.24. The van der Waals surface area contributed by atoms with Crippen molar-refractivity contribution in [2.45, 2.75) is 25.8 Å². The van der Waals surface area contributed by atoms with Gasteiger partial charge in [-0.25, -0.2) is 4.79 Å². The maximum atomic E-state index is 12.2. The summed E-state index contributed by atoms with van der Waals surface area (Å²) in [6.45, 7) is 4.46. The number of nitrogens with one attached hydrogen (secondary N) is 1. The van der Waals surface area contributed by atoms with Crippen LogP contribution in [0.15, 0.2) is 24.3 Å². The number of carboxylic acid groups (broad SMARTS) is 1. The predicted molar refractivity (Wildman–Crippen MR) is 87.7 cm³/mol. The topological polar surface area (TPSA) is 72.9 Å². The molecule has 2 unspecified atom stereocenters. The summed E-state index contributed by atoms with van der Waals surface area (Å²) in [5.74, 6) is -1.24. The van der Waals surface area contributed by atoms with Crippen LogP contribution in [0.3, 0.4) is 0 Å². The van der Waals surface area contributed by atoms with Gasteiger partial charge in [0, 0.05) is 37.9 Å². The van der Waals surface area contributed by atoms with Gasteiger partial charge >= 0.3 is 12.0 Å². The Balaban J connectivity index is 1.51. The molecular weight excluding hydrogens is 294 g/mol. The van der Waals surface area contributed by atoms with E-state index in [1.165, 1.54) is 11.3 Å². The summed E-state index contributed by atoms with van der Waals surface area (Å²) < 4.78 is 0. The molecule has 2 aliphatic heterocycles. The number of carboxylic acids is 1. The number of carbonyl (C=O) groups excluding carboxylic acids is 1. The molecule has 124 valence electrons. The van der Waals surface area contributed by atoms with Gasteiger partial charge < -0.3 is 20.2 Å². The van der Waals surface area contributed by atoms with Crippen LogP contribution in [0.1, 0.15) is 18.9 Å². The molecule has 0 spiro atoms. The summed E-state index contributed by atoms with van der Waals surface area (Å²) in [6, 6.07) is 8.42. The zero-order chi connectivity index (χ0) is 16.4. The minimum Gasteiger partial charge on any atom is -0.481 e. The van der Waals surface area contributed by atoms with Gasteiger partial charge in [0.2, 0.25) is 0 Å². The first-order valence-electron chi connectivity index (χ1n) is 8.16. The van der Waals surface area contributed by atoms with Crippen LogP contribution in [-0.2, 0) is 11.2 Å². The van der Waals surface area contributed by atoms with Gasteiger partial charge in [0.1, 0.15) is 0 Å². The van der Waals surface area contributed by atoms with Crippen LogP contribution in [-0.4, -0.2) is 54.2 Å². The van der Waals surface area contributed by atoms with E-state index in [4.69, 9.17) is 5.11 Å². The first-order valence-corrected chi connectivity index (χ1v) is 8.16. The van der Waals surface area contributed by atoms with E-state index in [0.29, 0.717) is 26.1 Å². The van der Waals surface area contributed by atoms with Gasteiger partial charge in [-0.1, -0.05) is 18.2 Å². The molecule has 2 N–H and O–H groups in total. The van der Waals surface area contributed by atoms with Crippen molar-refractivity contribution in [3.8, 4) is 0 Å². The Morgan fingerprint density at radius 2 is 2.13 bits per heavy atom. The van der Waals surface area contributed by atoms with Crippen LogP contribution in [0.25, 0.3) is 0 Å². The first-order chi connectivity index (χ1) is 11.1. The fraction of sp³-hybridized carbons (Fsp3) is 0.529. The number of urea groups is 1. The van der Waals surface area contributed by atoms with Gasteiger partial charge in [-0.05, 0) is 31.4 Å². The average Bonchev–Trinajstić information content (AvgIpc) is 3.19. The molecule has 2 aliphatic rings. The lowest BCUT2D eigenvalue weighted by Gasteiger charge is -2.28. The van der Waals surface area contributed by atoms with E-state index >= 15 is 0 Å². The van der Waals surface area contributed by atoms with Crippen molar-refractivity contribution in [3.63, 3.8) is 0 Å². The highest BCUT2D eigenvalue weighted by Gasteiger charge is 2.31. The number of para-hydroxylation sites is 1. The number of amides is 2. The van der Waals surface area contributed by atoms with Crippen LogP contribution in [0.4, 0.5) is 10.5 Å². The second kappa shape index (κ2) is 6.48. The van der Waals surface area contributed by atoms with Gasteiger partial charge in [-0.15, -0.1) is 0 Å². The highest BCUT2D eigenvalue weighted by molar-refractivity contribution is 5.77. The van der Waals surface area contributed by atoms with Crippen molar-refractivity contribution in [2.75, 3.05) is 31.1 Å². The van der Waals surface area contributed by atoms with Gasteiger partial charge in [-0.3, -0.25) is 4.79 Å². The average molecular weight is 317 g/mol. The minimum absolute atomic E-state index is 0.159. The number of aliphatic carboxylic acids is 1. The molecule has 2 amide bonds. The highest BCUT2D eigenvalue weighted by Crippen LogP contribution is 2.28. The predicted octanol–water partition coefficient (Wildman–Crippen LogP) is 1.55. The SMILES string of the molecule is CC(CNC(=O)N1CCC(C(=O)O)C1)N1CCc2ccccc21. The maximum absolute atomic E-state index is 12.2. The molecule has 1 aromatic rings. The largest absolute Gasteiger partial charge is 0.481 e. The Morgan fingerprint density at radius 1 is 1.35 bits per heavy atom. The third-order valence-corrected chi connectivity index (χ3v) is 4.83. The van der Waals surface area contributed by atoms with E-state index in [1.54, 1.807) is 4.90 Å². The molecule has 0 saturated carbocycles. The molecule has 1 aromatic carbocycles. The monoisotopic (exact) mass is 317 g/mol. The Morgan fingerprint density at radius 3 is 2.87 bits per heavy atom. The number of nitrogens with zero attached hydrogens (tertiary/aromatic N) is 2. The smallest absolute Gasteiger partial charge is 0.317 e. The zero-order valence-corrected chi connectivity index (χ0v) is 13.4. The van der Waals surface area contributed by atoms with Crippen molar-refractivity contribution < 1.29 is 14.7 Å². The number of anilines is 1. The molecule has 1 saturated heterocycles. The third kappa shape index (κ3) is 3.25. The number of hydrogen-bond acceptors (Lipinski definition) is 3. The van der Waals surface area contributed by atoms with E-state index < -0.39 is 11.9 Å². The summed E-state index contributed by atoms with van der Waals surface area (Å²) in [4.78, 5) is 27.1. The molecule has 0 aromatic heterocycles. The number of carbonyl (C=O) groups is 2. The van der Waals surface area contributed by atoms with Gasteiger partial charge in [0.25, 0.3) is 0 Å². The number of hydrogen-bond donors (Lipinski definition) is 2. The normalized spacial score (nSPS) is 21.2. The summed E-state index contributed by atoms with van der Waals surface area (Å²) >= 11 is 0. The lowest BCUT2D eigenvalue weighted by atomic mass is 10.1. The van der Waals surface area contributed by atoms with Crippen molar-refractivity contribution >= 4 is 17.7 Å². The third-order valence-electron chi connectivity index (χ3n) is 4.83. The maximum Gasteiger partial charge on any atom is 0.317 e. The van der Waals surface area contributed by atoms with Gasteiger partial charge in [0.15, 0.2) is 0 Å². The molecular formula is C17H23N3O3. The molecule has 0 aliphatic carbocycles. The van der Waals surface area contributed by atoms with Gasteiger partial charge in [0.05, 0.1) is 5.92 Å². The summed E-state index contributed by atoms with van der Waals surface area (Å²) in [7, 11) is 0. The van der Waals surface area contributed by atoms with E-state index in [2.05, 4.69) is 35.3 Å². The first kappa shape index (κ1) is 15.6. The molecule has 1 fully saturated rings. The van der Waals surface area contributed by atoms with Crippen LogP contribution in [0.2, 0.25) is 0 Å². The molecule has 2 atom stereocenters. The molecule has 6 heteroatoms. The van der Waals surface area contributed by atoms with E-state index in [0.717, 1.165) is 13.0 Å². The molecule has 23 heavy (non-hydrogen) atoms. The van der Waals surface area contributed by atoms with Gasteiger partial charge in [-0.2, -0.15) is 0 Å². The Kier molecular flexibility index (Phi) is 4.41. The van der Waals surface area contributed by atoms with Crippen molar-refractivity contribution in [1.82, 2.24) is 10.2 Å². The highest BCUT2D eigenvalue weighted by atomic mass is 16.4. The van der Waals surface area contributed by atoms with E-state index in [-0.39, 0.29) is 12.1 Å². The fourth-order valence-corrected chi connectivity index (χ4v) is 3.42. The number of likely N-dealkylation sites (tertiary alicyclic amines) is 1. The fourth-order valence-electron chi connectivity index (χ4n) is 3.42. The van der Waals surface area contributed by atoms with Crippen molar-refractivity contribution in [2.24, 2.45) is 5.92 Å². The van der Waals surface area contributed by atoms with E-state index in [9.17, 15) is 9.59 Å². The van der Waals surface area contributed by atoms with Crippen LogP contribution < -0.4 is 10.2 Å². The molecule has 6 nitrogen and oxygen atoms in total.